The van der Waals surface area contributed by atoms with Crippen molar-refractivity contribution in [3.63, 3.8) is 0 Å². The molecule has 2 atom stereocenters. The van der Waals surface area contributed by atoms with Crippen LogP contribution in [0.1, 0.15) is 27.7 Å². The third kappa shape index (κ3) is 3.39. The van der Waals surface area contributed by atoms with Crippen molar-refractivity contribution < 1.29 is 4.74 Å². The molecule has 6 rings (SSSR count). The van der Waals surface area contributed by atoms with E-state index < -0.39 is 0 Å². The van der Waals surface area contributed by atoms with Gasteiger partial charge in [-0.15, -0.1) is 0 Å². The van der Waals surface area contributed by atoms with Crippen LogP contribution in [0.3, 0.4) is 0 Å². The lowest BCUT2D eigenvalue weighted by Crippen LogP contribution is -2.53. The Bertz CT molecular complexity index is 1230. The average molecular weight is 475 g/mol. The van der Waals surface area contributed by atoms with Crippen LogP contribution in [0.15, 0.2) is 92.1 Å². The van der Waals surface area contributed by atoms with E-state index in [1.54, 1.807) is 11.8 Å². The van der Waals surface area contributed by atoms with E-state index in [1.807, 2.05) is 11.8 Å². The van der Waals surface area contributed by atoms with Crippen LogP contribution in [-0.2, 0) is 4.74 Å². The molecular weight excluding hydrogens is 444 g/mol. The fourth-order valence-corrected chi connectivity index (χ4v) is 7.56. The van der Waals surface area contributed by atoms with Crippen molar-refractivity contribution in [3.05, 3.63) is 82.3 Å². The maximum absolute atomic E-state index is 7.11. The van der Waals surface area contributed by atoms with E-state index in [9.17, 15) is 0 Å². The standard InChI is InChI=1S/C28H30N2OS2/c1-17-18-14-19-25(28(4,5)16-30-21-11-7-9-13-23(21)33-26(19)30)31-24(18)27(2,3)15-29-20-10-6-8-12-22(20)32-17/h6-14,24-25,29H,1,15-16H2,2-5H3. The molecule has 1 N–H and O–H groups in total. The highest BCUT2D eigenvalue weighted by Gasteiger charge is 2.50. The number of hydrogen-bond donors (Lipinski definition) is 1. The van der Waals surface area contributed by atoms with Crippen LogP contribution in [0.4, 0.5) is 11.4 Å². The molecule has 0 spiro atoms. The molecule has 2 aromatic carbocycles. The molecule has 0 saturated heterocycles. The Labute approximate surface area is 205 Å². The van der Waals surface area contributed by atoms with Crippen molar-refractivity contribution in [1.82, 2.24) is 0 Å². The lowest BCUT2D eigenvalue weighted by molar-refractivity contribution is -0.0806. The van der Waals surface area contributed by atoms with Crippen LogP contribution in [0, 0.1) is 10.8 Å². The second-order valence-corrected chi connectivity index (χ2v) is 12.9. The Kier molecular flexibility index (Phi) is 4.85. The number of anilines is 2. The summed E-state index contributed by atoms with van der Waals surface area (Å²) < 4.78 is 7.11. The largest absolute Gasteiger partial charge is 0.383 e. The van der Waals surface area contributed by atoms with E-state index in [0.29, 0.717) is 0 Å². The molecule has 0 aromatic heterocycles. The van der Waals surface area contributed by atoms with Gasteiger partial charge in [-0.2, -0.15) is 0 Å². The molecule has 2 aromatic rings. The second-order valence-electron chi connectivity index (χ2n) is 10.8. The first-order valence-corrected chi connectivity index (χ1v) is 13.2. The van der Waals surface area contributed by atoms with Gasteiger partial charge < -0.3 is 15.0 Å². The van der Waals surface area contributed by atoms with E-state index in [2.05, 4.69) is 99.1 Å². The maximum atomic E-state index is 7.11. The SMILES string of the molecule is C=C1Sc2ccccc2NCC(C)(C)C2OC3C(=C4Sc5ccccc5N4CC3(C)C)C=C12. The van der Waals surface area contributed by atoms with Crippen LogP contribution < -0.4 is 10.2 Å². The number of hydrogen-bond acceptors (Lipinski definition) is 5. The molecule has 0 amide bonds. The molecule has 2 unspecified atom stereocenters. The summed E-state index contributed by atoms with van der Waals surface area (Å²) in [6.45, 7) is 15.7. The first kappa shape index (κ1) is 21.5. The molecule has 0 saturated carbocycles. The van der Waals surface area contributed by atoms with Crippen molar-refractivity contribution in [2.45, 2.75) is 49.7 Å². The summed E-state index contributed by atoms with van der Waals surface area (Å²) in [5.41, 5.74) is 4.90. The Morgan fingerprint density at radius 1 is 0.939 bits per heavy atom. The second kappa shape index (κ2) is 7.46. The maximum Gasteiger partial charge on any atom is 0.0927 e. The number of ether oxygens (including phenoxy) is 1. The van der Waals surface area contributed by atoms with Crippen molar-refractivity contribution in [1.29, 1.82) is 0 Å². The third-order valence-corrected chi connectivity index (χ3v) is 9.44. The minimum Gasteiger partial charge on any atom is -0.383 e. The molecule has 0 radical (unpaired) electrons. The van der Waals surface area contributed by atoms with Gasteiger partial charge in [0, 0.05) is 49.9 Å². The van der Waals surface area contributed by atoms with E-state index in [-0.39, 0.29) is 23.0 Å². The lowest BCUT2D eigenvalue weighted by atomic mass is 9.74. The van der Waals surface area contributed by atoms with Crippen LogP contribution in [0.5, 0.6) is 0 Å². The number of thioether (sulfide) groups is 2. The number of fused-ring (bicyclic) bond motifs is 6. The van der Waals surface area contributed by atoms with Crippen LogP contribution >= 0.6 is 23.5 Å². The minimum absolute atomic E-state index is 0.0156. The van der Waals surface area contributed by atoms with Gasteiger partial charge in [0.05, 0.1) is 22.9 Å². The van der Waals surface area contributed by atoms with E-state index >= 15 is 0 Å². The molecule has 4 aliphatic rings. The molecule has 0 fully saturated rings. The normalized spacial score (nSPS) is 27.0. The fourth-order valence-electron chi connectivity index (χ4n) is 5.42. The monoisotopic (exact) mass is 474 g/mol. The highest BCUT2D eigenvalue weighted by atomic mass is 32.2. The van der Waals surface area contributed by atoms with Crippen molar-refractivity contribution in [2.75, 3.05) is 23.3 Å². The predicted octanol–water partition coefficient (Wildman–Crippen LogP) is 7.30. The Hall–Kier alpha value is -2.08. The number of benzene rings is 2. The number of para-hydroxylation sites is 2. The Morgan fingerprint density at radius 3 is 2.48 bits per heavy atom. The van der Waals surface area contributed by atoms with Crippen molar-refractivity contribution in [2.24, 2.45) is 10.8 Å². The summed E-state index contributed by atoms with van der Waals surface area (Å²) in [5, 5.41) is 5.02. The summed E-state index contributed by atoms with van der Waals surface area (Å²) >= 11 is 3.63. The number of nitrogens with one attached hydrogen (secondary N) is 1. The molecule has 33 heavy (non-hydrogen) atoms. The molecule has 4 heterocycles. The Balaban J connectivity index is 1.51. The Morgan fingerprint density at radius 2 is 1.67 bits per heavy atom. The van der Waals surface area contributed by atoms with Gasteiger partial charge >= 0.3 is 0 Å². The van der Waals surface area contributed by atoms with Gasteiger partial charge in [0.25, 0.3) is 0 Å². The van der Waals surface area contributed by atoms with Gasteiger partial charge in [0.1, 0.15) is 0 Å². The van der Waals surface area contributed by atoms with E-state index in [1.165, 1.54) is 37.3 Å². The predicted molar refractivity (Wildman–Crippen MR) is 141 cm³/mol. The molecule has 0 aliphatic carbocycles. The van der Waals surface area contributed by atoms with Gasteiger partial charge in [-0.1, -0.05) is 82.1 Å². The first-order valence-electron chi connectivity index (χ1n) is 11.6. The minimum atomic E-state index is -0.0953. The van der Waals surface area contributed by atoms with Gasteiger partial charge in [0.2, 0.25) is 0 Å². The number of rotatable bonds is 0. The van der Waals surface area contributed by atoms with Gasteiger partial charge in [0.15, 0.2) is 0 Å². The summed E-state index contributed by atoms with van der Waals surface area (Å²) in [5.74, 6) is 0. The highest BCUT2D eigenvalue weighted by Crippen LogP contribution is 2.56. The molecule has 5 heteroatoms. The molecule has 4 aliphatic heterocycles. The zero-order chi connectivity index (χ0) is 23.0. The van der Waals surface area contributed by atoms with Crippen LogP contribution in [0.2, 0.25) is 0 Å². The van der Waals surface area contributed by atoms with Crippen molar-refractivity contribution in [3.8, 4) is 0 Å². The number of nitrogens with zero attached hydrogens (tertiary/aromatic N) is 1. The molecular formula is C28H30N2OS2. The summed E-state index contributed by atoms with van der Waals surface area (Å²) in [6, 6.07) is 17.3. The quantitative estimate of drug-likeness (QED) is 0.432. The van der Waals surface area contributed by atoms with Crippen LogP contribution in [0.25, 0.3) is 0 Å². The zero-order valence-electron chi connectivity index (χ0n) is 19.6. The van der Waals surface area contributed by atoms with Gasteiger partial charge in [-0.3, -0.25) is 0 Å². The average Bonchev–Trinajstić information content (AvgIpc) is 3.16. The van der Waals surface area contributed by atoms with Gasteiger partial charge in [-0.05, 0) is 35.9 Å². The third-order valence-electron chi connectivity index (χ3n) is 7.16. The smallest absolute Gasteiger partial charge is 0.0927 e. The first-order chi connectivity index (χ1) is 15.7. The summed E-state index contributed by atoms with van der Waals surface area (Å²) in [6.07, 6.45) is 2.46. The molecule has 3 nitrogen and oxygen atoms in total. The molecule has 170 valence electrons. The highest BCUT2D eigenvalue weighted by molar-refractivity contribution is 8.04. The van der Waals surface area contributed by atoms with Crippen LogP contribution in [-0.4, -0.2) is 25.3 Å². The summed E-state index contributed by atoms with van der Waals surface area (Å²) in [4.78, 5) is 6.12. The molecule has 0 bridgehead atoms. The lowest BCUT2D eigenvalue weighted by Gasteiger charge is -2.50. The van der Waals surface area contributed by atoms with E-state index in [0.717, 1.165) is 18.0 Å². The summed E-state index contributed by atoms with van der Waals surface area (Å²) in [7, 11) is 0. The topological polar surface area (TPSA) is 24.5 Å². The fraction of sp³-hybridized carbons (Fsp3) is 0.357. The van der Waals surface area contributed by atoms with Crippen molar-refractivity contribution >= 4 is 34.9 Å². The van der Waals surface area contributed by atoms with Gasteiger partial charge in [-0.25, -0.2) is 0 Å². The van der Waals surface area contributed by atoms with E-state index in [4.69, 9.17) is 4.74 Å². The zero-order valence-corrected chi connectivity index (χ0v) is 21.3.